The van der Waals surface area contributed by atoms with Crippen LogP contribution < -0.4 is 10.6 Å². The highest BCUT2D eigenvalue weighted by Gasteiger charge is 1.98. The van der Waals surface area contributed by atoms with Crippen molar-refractivity contribution < 1.29 is 4.79 Å². The van der Waals surface area contributed by atoms with Gasteiger partial charge in [0.15, 0.2) is 0 Å². The number of rotatable bonds is 3. The Morgan fingerprint density at radius 1 is 1.29 bits per heavy atom. The Bertz CT molecular complexity index is 285. The number of carbonyl (C=O) groups is 1. The highest BCUT2D eigenvalue weighted by Crippen LogP contribution is 2.07. The lowest BCUT2D eigenvalue weighted by Gasteiger charge is -2.04. The standard InChI is InChI=1S/C10H14N2O.ClH/c1-8-3-5-9(6-4-8)12-10(13)7-11-2;/h3-6,11H,7H2,1-2H3,(H,12,13);1H. The van der Waals surface area contributed by atoms with Crippen LogP contribution in [-0.4, -0.2) is 19.5 Å². The Morgan fingerprint density at radius 2 is 1.86 bits per heavy atom. The summed E-state index contributed by atoms with van der Waals surface area (Å²) >= 11 is 0. The van der Waals surface area contributed by atoms with Gasteiger partial charge in [-0.2, -0.15) is 0 Å². The van der Waals surface area contributed by atoms with Gasteiger partial charge in [-0.25, -0.2) is 0 Å². The zero-order valence-electron chi connectivity index (χ0n) is 8.33. The maximum Gasteiger partial charge on any atom is 0.238 e. The van der Waals surface area contributed by atoms with Crippen LogP contribution >= 0.6 is 12.4 Å². The number of nitrogens with one attached hydrogen (secondary N) is 2. The molecule has 0 aliphatic heterocycles. The highest BCUT2D eigenvalue weighted by atomic mass is 35.5. The van der Waals surface area contributed by atoms with Crippen molar-refractivity contribution in [3.05, 3.63) is 29.8 Å². The largest absolute Gasteiger partial charge is 0.325 e. The number of hydrogen-bond acceptors (Lipinski definition) is 2. The molecule has 0 saturated heterocycles. The Balaban J connectivity index is 0.00000169. The van der Waals surface area contributed by atoms with Crippen LogP contribution in [0.15, 0.2) is 24.3 Å². The van der Waals surface area contributed by atoms with Crippen molar-refractivity contribution in [2.45, 2.75) is 6.92 Å². The molecule has 2 N–H and O–H groups in total. The Hall–Kier alpha value is -1.06. The van der Waals surface area contributed by atoms with Gasteiger partial charge in [0.05, 0.1) is 6.54 Å². The molecular formula is C10H15ClN2O. The van der Waals surface area contributed by atoms with Crippen molar-refractivity contribution in [2.24, 2.45) is 0 Å². The third-order valence-electron chi connectivity index (χ3n) is 1.67. The van der Waals surface area contributed by atoms with Crippen LogP contribution in [0.1, 0.15) is 5.56 Å². The van der Waals surface area contributed by atoms with Crippen LogP contribution in [-0.2, 0) is 4.79 Å². The minimum absolute atomic E-state index is 0. The Labute approximate surface area is 90.3 Å². The molecule has 0 aliphatic rings. The summed E-state index contributed by atoms with van der Waals surface area (Å²) in [4.78, 5) is 11.1. The summed E-state index contributed by atoms with van der Waals surface area (Å²) < 4.78 is 0. The summed E-state index contributed by atoms with van der Waals surface area (Å²) in [6.45, 7) is 2.35. The molecule has 1 aromatic carbocycles. The van der Waals surface area contributed by atoms with Crippen LogP contribution in [0.2, 0.25) is 0 Å². The fourth-order valence-corrected chi connectivity index (χ4v) is 1.00. The smallest absolute Gasteiger partial charge is 0.238 e. The second kappa shape index (κ2) is 6.40. The average molecular weight is 215 g/mol. The topological polar surface area (TPSA) is 41.1 Å². The number of benzene rings is 1. The first-order chi connectivity index (χ1) is 6.22. The number of hydrogen-bond donors (Lipinski definition) is 2. The van der Waals surface area contributed by atoms with Gasteiger partial charge in [-0.3, -0.25) is 4.79 Å². The maximum atomic E-state index is 11.1. The molecule has 1 aromatic rings. The molecule has 0 spiro atoms. The molecular weight excluding hydrogens is 200 g/mol. The van der Waals surface area contributed by atoms with Crippen molar-refractivity contribution in [3.63, 3.8) is 0 Å². The summed E-state index contributed by atoms with van der Waals surface area (Å²) in [5.74, 6) is -0.0219. The maximum absolute atomic E-state index is 11.1. The van der Waals surface area contributed by atoms with E-state index in [0.29, 0.717) is 6.54 Å². The van der Waals surface area contributed by atoms with Gasteiger partial charge in [0, 0.05) is 5.69 Å². The molecule has 0 unspecified atom stereocenters. The van der Waals surface area contributed by atoms with Crippen LogP contribution in [0, 0.1) is 6.92 Å². The van der Waals surface area contributed by atoms with E-state index in [9.17, 15) is 4.79 Å². The number of amides is 1. The monoisotopic (exact) mass is 214 g/mol. The van der Waals surface area contributed by atoms with Gasteiger partial charge in [0.25, 0.3) is 0 Å². The van der Waals surface area contributed by atoms with Crippen molar-refractivity contribution in [1.29, 1.82) is 0 Å². The number of halogens is 1. The fourth-order valence-electron chi connectivity index (χ4n) is 1.00. The molecule has 0 bridgehead atoms. The summed E-state index contributed by atoms with van der Waals surface area (Å²) in [6, 6.07) is 7.72. The molecule has 0 aromatic heterocycles. The van der Waals surface area contributed by atoms with E-state index >= 15 is 0 Å². The van der Waals surface area contributed by atoms with E-state index in [0.717, 1.165) is 5.69 Å². The van der Waals surface area contributed by atoms with Crippen molar-refractivity contribution in [1.82, 2.24) is 5.32 Å². The minimum Gasteiger partial charge on any atom is -0.325 e. The molecule has 1 amide bonds. The van der Waals surface area contributed by atoms with Gasteiger partial charge < -0.3 is 10.6 Å². The van der Waals surface area contributed by atoms with Gasteiger partial charge in [0.1, 0.15) is 0 Å². The first-order valence-electron chi connectivity index (χ1n) is 4.23. The quantitative estimate of drug-likeness (QED) is 0.802. The molecule has 0 atom stereocenters. The van der Waals surface area contributed by atoms with Gasteiger partial charge in [-0.1, -0.05) is 17.7 Å². The van der Waals surface area contributed by atoms with Crippen LogP contribution in [0.5, 0.6) is 0 Å². The minimum atomic E-state index is -0.0219. The SMILES string of the molecule is CNCC(=O)Nc1ccc(C)cc1.Cl. The predicted molar refractivity (Wildman–Crippen MR) is 61.0 cm³/mol. The second-order valence-corrected chi connectivity index (χ2v) is 2.94. The molecule has 0 saturated carbocycles. The van der Waals surface area contributed by atoms with Crippen LogP contribution in [0.25, 0.3) is 0 Å². The Kier molecular flexibility index (Phi) is 5.92. The van der Waals surface area contributed by atoms with Crippen LogP contribution in [0.4, 0.5) is 5.69 Å². The van der Waals surface area contributed by atoms with E-state index in [4.69, 9.17) is 0 Å². The van der Waals surface area contributed by atoms with Crippen molar-refractivity contribution in [2.75, 3.05) is 18.9 Å². The van der Waals surface area contributed by atoms with E-state index in [-0.39, 0.29) is 18.3 Å². The normalized spacial score (nSPS) is 9.00. The van der Waals surface area contributed by atoms with Gasteiger partial charge >= 0.3 is 0 Å². The zero-order chi connectivity index (χ0) is 9.68. The van der Waals surface area contributed by atoms with Crippen LogP contribution in [0.3, 0.4) is 0 Å². The average Bonchev–Trinajstić information content (AvgIpc) is 2.09. The first-order valence-corrected chi connectivity index (χ1v) is 4.23. The number of carbonyl (C=O) groups excluding carboxylic acids is 1. The summed E-state index contributed by atoms with van der Waals surface area (Å²) in [5, 5.41) is 5.56. The lowest BCUT2D eigenvalue weighted by Crippen LogP contribution is -2.24. The van der Waals surface area contributed by atoms with E-state index in [1.54, 1.807) is 7.05 Å². The lowest BCUT2D eigenvalue weighted by molar-refractivity contribution is -0.115. The zero-order valence-corrected chi connectivity index (χ0v) is 9.15. The summed E-state index contributed by atoms with van der Waals surface area (Å²) in [6.07, 6.45) is 0. The molecule has 4 heteroatoms. The number of anilines is 1. The molecule has 3 nitrogen and oxygen atoms in total. The molecule has 1 rings (SSSR count). The van der Waals surface area contributed by atoms with E-state index in [1.807, 2.05) is 31.2 Å². The number of likely N-dealkylation sites (N-methyl/N-ethyl adjacent to an activating group) is 1. The van der Waals surface area contributed by atoms with E-state index in [1.165, 1.54) is 5.56 Å². The molecule has 0 fully saturated rings. The molecule has 0 aliphatic carbocycles. The molecule has 78 valence electrons. The molecule has 14 heavy (non-hydrogen) atoms. The van der Waals surface area contributed by atoms with E-state index < -0.39 is 0 Å². The second-order valence-electron chi connectivity index (χ2n) is 2.94. The third kappa shape index (κ3) is 4.25. The first kappa shape index (κ1) is 12.9. The van der Waals surface area contributed by atoms with Crippen molar-refractivity contribution in [3.8, 4) is 0 Å². The van der Waals surface area contributed by atoms with Gasteiger partial charge in [-0.05, 0) is 26.1 Å². The molecule has 0 heterocycles. The third-order valence-corrected chi connectivity index (χ3v) is 1.67. The lowest BCUT2D eigenvalue weighted by atomic mass is 10.2. The van der Waals surface area contributed by atoms with Crippen molar-refractivity contribution >= 4 is 24.0 Å². The highest BCUT2D eigenvalue weighted by molar-refractivity contribution is 5.92. The van der Waals surface area contributed by atoms with E-state index in [2.05, 4.69) is 10.6 Å². The predicted octanol–water partition coefficient (Wildman–Crippen LogP) is 1.57. The van der Waals surface area contributed by atoms with Gasteiger partial charge in [-0.15, -0.1) is 12.4 Å². The number of aryl methyl sites for hydroxylation is 1. The Morgan fingerprint density at radius 3 is 2.36 bits per heavy atom. The summed E-state index contributed by atoms with van der Waals surface area (Å²) in [7, 11) is 1.74. The fraction of sp³-hybridized carbons (Fsp3) is 0.300. The molecule has 0 radical (unpaired) electrons. The summed E-state index contributed by atoms with van der Waals surface area (Å²) in [5.41, 5.74) is 2.03. The van der Waals surface area contributed by atoms with Gasteiger partial charge in [0.2, 0.25) is 5.91 Å².